The number of carbonyl (C=O) groups excluding carboxylic acids is 1. The van der Waals surface area contributed by atoms with E-state index >= 15 is 0 Å². The standard InChI is InChI=1S/C11H5BrCl2N2O2/c12-7-3-1-6(2-4-7)10(17)16-11(18)9(14)8(13)5-15-16/h1-5H. The number of carbonyl (C=O) groups is 1. The minimum absolute atomic E-state index is 0.0153. The molecule has 0 fully saturated rings. The van der Waals surface area contributed by atoms with Crippen molar-refractivity contribution < 1.29 is 4.79 Å². The third-order valence-electron chi connectivity index (χ3n) is 2.16. The lowest BCUT2D eigenvalue weighted by molar-refractivity contribution is 0.0939. The van der Waals surface area contributed by atoms with E-state index in [9.17, 15) is 9.59 Å². The molecule has 92 valence electrons. The highest BCUT2D eigenvalue weighted by molar-refractivity contribution is 9.10. The number of rotatable bonds is 1. The molecule has 0 N–H and O–H groups in total. The van der Waals surface area contributed by atoms with Crippen molar-refractivity contribution in [2.24, 2.45) is 0 Å². The van der Waals surface area contributed by atoms with Crippen LogP contribution in [0.4, 0.5) is 0 Å². The van der Waals surface area contributed by atoms with E-state index < -0.39 is 11.5 Å². The molecule has 1 aromatic heterocycles. The predicted molar refractivity (Wildman–Crippen MR) is 72.4 cm³/mol. The Morgan fingerprint density at radius 1 is 1.22 bits per heavy atom. The Morgan fingerprint density at radius 2 is 1.83 bits per heavy atom. The van der Waals surface area contributed by atoms with Gasteiger partial charge in [-0.25, -0.2) is 0 Å². The quantitative estimate of drug-likeness (QED) is 0.796. The van der Waals surface area contributed by atoms with Gasteiger partial charge in [0, 0.05) is 10.0 Å². The molecule has 0 saturated carbocycles. The minimum Gasteiger partial charge on any atom is -0.267 e. The second kappa shape index (κ2) is 5.22. The molecule has 0 bridgehead atoms. The lowest BCUT2D eigenvalue weighted by Gasteiger charge is -2.04. The molecule has 18 heavy (non-hydrogen) atoms. The van der Waals surface area contributed by atoms with Crippen molar-refractivity contribution in [3.63, 3.8) is 0 Å². The van der Waals surface area contributed by atoms with E-state index in [1.165, 1.54) is 0 Å². The van der Waals surface area contributed by atoms with E-state index in [0.29, 0.717) is 10.2 Å². The summed E-state index contributed by atoms with van der Waals surface area (Å²) in [5.74, 6) is -0.564. The van der Waals surface area contributed by atoms with Crippen LogP contribution in [0.15, 0.2) is 39.7 Å². The van der Waals surface area contributed by atoms with E-state index in [4.69, 9.17) is 23.2 Å². The first-order valence-corrected chi connectivity index (χ1v) is 6.29. The van der Waals surface area contributed by atoms with Gasteiger partial charge in [0.1, 0.15) is 5.02 Å². The molecule has 0 atom stereocenters. The Hall–Kier alpha value is -1.17. The van der Waals surface area contributed by atoms with Gasteiger partial charge in [0.25, 0.3) is 11.5 Å². The summed E-state index contributed by atoms with van der Waals surface area (Å²) in [6.45, 7) is 0. The van der Waals surface area contributed by atoms with E-state index in [-0.39, 0.29) is 10.0 Å². The first kappa shape index (κ1) is 13.3. The highest BCUT2D eigenvalue weighted by Gasteiger charge is 2.15. The van der Waals surface area contributed by atoms with Crippen LogP contribution in [-0.2, 0) is 0 Å². The van der Waals surface area contributed by atoms with Crippen molar-refractivity contribution in [3.8, 4) is 0 Å². The zero-order chi connectivity index (χ0) is 13.3. The predicted octanol–water partition coefficient (Wildman–Crippen LogP) is 3.00. The maximum Gasteiger partial charge on any atom is 0.294 e. The van der Waals surface area contributed by atoms with Crippen LogP contribution in [0.5, 0.6) is 0 Å². The van der Waals surface area contributed by atoms with Gasteiger partial charge in [0.15, 0.2) is 0 Å². The Balaban J connectivity index is 2.50. The molecule has 0 spiro atoms. The van der Waals surface area contributed by atoms with E-state index in [1.54, 1.807) is 24.3 Å². The third-order valence-corrected chi connectivity index (χ3v) is 3.44. The van der Waals surface area contributed by atoms with E-state index in [0.717, 1.165) is 10.7 Å². The molecule has 0 amide bonds. The minimum atomic E-state index is -0.739. The first-order valence-electron chi connectivity index (χ1n) is 4.74. The van der Waals surface area contributed by atoms with Gasteiger partial charge in [-0.05, 0) is 24.3 Å². The van der Waals surface area contributed by atoms with Crippen molar-refractivity contribution in [3.05, 3.63) is 60.9 Å². The molecule has 0 saturated heterocycles. The van der Waals surface area contributed by atoms with E-state index in [1.807, 2.05) is 0 Å². The Bertz CT molecular complexity index is 668. The lowest BCUT2D eigenvalue weighted by Crippen LogP contribution is -2.30. The Labute approximate surface area is 120 Å². The number of halogens is 3. The fourth-order valence-electron chi connectivity index (χ4n) is 1.27. The molecule has 0 aliphatic carbocycles. The average molecular weight is 348 g/mol. The van der Waals surface area contributed by atoms with E-state index in [2.05, 4.69) is 21.0 Å². The van der Waals surface area contributed by atoms with Gasteiger partial charge < -0.3 is 0 Å². The second-order valence-electron chi connectivity index (χ2n) is 3.34. The maximum absolute atomic E-state index is 12.0. The highest BCUT2D eigenvalue weighted by Crippen LogP contribution is 2.15. The van der Waals surface area contributed by atoms with Crippen LogP contribution in [0.2, 0.25) is 10.0 Å². The second-order valence-corrected chi connectivity index (χ2v) is 5.04. The van der Waals surface area contributed by atoms with Gasteiger partial charge in [-0.1, -0.05) is 39.1 Å². The summed E-state index contributed by atoms with van der Waals surface area (Å²) in [6.07, 6.45) is 1.15. The van der Waals surface area contributed by atoms with Gasteiger partial charge in [-0.15, -0.1) is 0 Å². The maximum atomic E-state index is 12.0. The number of aromatic nitrogens is 2. The average Bonchev–Trinajstić information content (AvgIpc) is 2.36. The van der Waals surface area contributed by atoms with Gasteiger partial charge in [0.2, 0.25) is 0 Å². The summed E-state index contributed by atoms with van der Waals surface area (Å²) in [5.41, 5.74) is -0.414. The SMILES string of the molecule is O=C(c1ccc(Br)cc1)n1ncc(Cl)c(Cl)c1=O. The van der Waals surface area contributed by atoms with Crippen molar-refractivity contribution in [2.75, 3.05) is 0 Å². The van der Waals surface area contributed by atoms with Crippen LogP contribution in [0.1, 0.15) is 10.4 Å². The highest BCUT2D eigenvalue weighted by atomic mass is 79.9. The molecule has 4 nitrogen and oxygen atoms in total. The zero-order valence-corrected chi connectivity index (χ0v) is 11.8. The van der Waals surface area contributed by atoms with Crippen molar-refractivity contribution in [1.82, 2.24) is 9.78 Å². The molecule has 7 heteroatoms. The Morgan fingerprint density at radius 3 is 2.44 bits per heavy atom. The molecule has 2 aromatic rings. The van der Waals surface area contributed by atoms with Gasteiger partial charge >= 0.3 is 0 Å². The van der Waals surface area contributed by atoms with Gasteiger partial charge in [-0.3, -0.25) is 9.59 Å². The molecule has 0 aliphatic rings. The fourth-order valence-corrected chi connectivity index (χ4v) is 1.79. The normalized spacial score (nSPS) is 10.4. The summed E-state index contributed by atoms with van der Waals surface area (Å²) in [4.78, 5) is 23.8. The molecule has 0 unspecified atom stereocenters. The molecule has 1 heterocycles. The zero-order valence-electron chi connectivity index (χ0n) is 8.73. The number of nitrogens with zero attached hydrogens (tertiary/aromatic N) is 2. The van der Waals surface area contributed by atoms with Crippen molar-refractivity contribution >= 4 is 45.0 Å². The lowest BCUT2D eigenvalue weighted by atomic mass is 10.2. The topological polar surface area (TPSA) is 52.0 Å². The molecule has 0 radical (unpaired) electrons. The van der Waals surface area contributed by atoms with Crippen LogP contribution in [0, 0.1) is 0 Å². The van der Waals surface area contributed by atoms with Crippen molar-refractivity contribution in [1.29, 1.82) is 0 Å². The smallest absolute Gasteiger partial charge is 0.267 e. The van der Waals surface area contributed by atoms with Crippen LogP contribution >= 0.6 is 39.1 Å². The Kier molecular flexibility index (Phi) is 3.85. The molecule has 1 aromatic carbocycles. The third kappa shape index (κ3) is 2.48. The molecular formula is C11H5BrCl2N2O2. The number of benzene rings is 1. The van der Waals surface area contributed by atoms with Crippen molar-refractivity contribution in [2.45, 2.75) is 0 Å². The number of hydrogen-bond acceptors (Lipinski definition) is 3. The monoisotopic (exact) mass is 346 g/mol. The van der Waals surface area contributed by atoms with Crippen LogP contribution in [-0.4, -0.2) is 15.7 Å². The van der Waals surface area contributed by atoms with Gasteiger partial charge in [-0.2, -0.15) is 9.78 Å². The van der Waals surface area contributed by atoms with Crippen LogP contribution in [0.3, 0.4) is 0 Å². The summed E-state index contributed by atoms with van der Waals surface area (Å²) in [7, 11) is 0. The summed E-state index contributed by atoms with van der Waals surface area (Å²) < 4.78 is 1.51. The summed E-state index contributed by atoms with van der Waals surface area (Å²) in [6, 6.07) is 6.53. The fraction of sp³-hybridized carbons (Fsp3) is 0. The first-order chi connectivity index (χ1) is 8.50. The van der Waals surface area contributed by atoms with Crippen LogP contribution in [0.25, 0.3) is 0 Å². The summed E-state index contributed by atoms with van der Waals surface area (Å²) >= 11 is 14.6. The number of hydrogen-bond donors (Lipinski definition) is 0. The summed E-state index contributed by atoms with van der Waals surface area (Å²) in [5, 5.41) is 3.45. The van der Waals surface area contributed by atoms with Crippen LogP contribution < -0.4 is 5.56 Å². The molecular weight excluding hydrogens is 343 g/mol. The molecule has 0 aliphatic heterocycles. The molecule has 2 rings (SSSR count). The largest absolute Gasteiger partial charge is 0.294 e. The van der Waals surface area contributed by atoms with Gasteiger partial charge in [0.05, 0.1) is 11.2 Å².